The van der Waals surface area contributed by atoms with Gasteiger partial charge in [0.25, 0.3) is 5.91 Å². The number of rotatable bonds is 7. The van der Waals surface area contributed by atoms with Crippen molar-refractivity contribution in [2.75, 3.05) is 39.7 Å². The molecule has 1 aliphatic heterocycles. The van der Waals surface area contributed by atoms with Gasteiger partial charge in [0.15, 0.2) is 16.6 Å². The molecule has 34 heavy (non-hydrogen) atoms. The van der Waals surface area contributed by atoms with E-state index in [1.807, 2.05) is 0 Å². The van der Waals surface area contributed by atoms with Gasteiger partial charge in [-0.05, 0) is 67.4 Å². The zero-order valence-electron chi connectivity index (χ0n) is 19.6. The molecule has 0 saturated carbocycles. The van der Waals surface area contributed by atoms with E-state index >= 15 is 0 Å². The van der Waals surface area contributed by atoms with Crippen molar-refractivity contribution in [2.45, 2.75) is 24.7 Å². The Morgan fingerprint density at radius 3 is 2.06 bits per heavy atom. The number of ether oxygens (including phenoxy) is 3. The van der Waals surface area contributed by atoms with E-state index in [4.69, 9.17) is 26.4 Å². The fraction of sp³-hybridized carbons (Fsp3) is 0.391. The monoisotopic (exact) mass is 507 g/mol. The third-order valence-electron chi connectivity index (χ3n) is 5.65. The number of methoxy groups -OCH3 is 3. The summed E-state index contributed by atoms with van der Waals surface area (Å²) in [5, 5.41) is 5.53. The Balaban J connectivity index is 1.66. The Bertz CT molecular complexity index is 1120. The lowest BCUT2D eigenvalue weighted by atomic mass is 10.0. The van der Waals surface area contributed by atoms with Gasteiger partial charge in [-0.15, -0.1) is 0 Å². The number of sulfonamides is 1. The lowest BCUT2D eigenvalue weighted by Crippen LogP contribution is -2.37. The Labute approximate surface area is 205 Å². The van der Waals surface area contributed by atoms with Crippen LogP contribution in [0.25, 0.3) is 0 Å². The predicted octanol–water partition coefficient (Wildman–Crippen LogP) is 3.26. The van der Waals surface area contributed by atoms with Crippen molar-refractivity contribution in [2.24, 2.45) is 5.92 Å². The first-order chi connectivity index (χ1) is 16.2. The molecule has 2 N–H and O–H groups in total. The minimum atomic E-state index is -3.54. The molecule has 0 atom stereocenters. The van der Waals surface area contributed by atoms with Gasteiger partial charge in [0.05, 0.1) is 26.2 Å². The highest BCUT2D eigenvalue weighted by molar-refractivity contribution is 7.89. The molecule has 1 fully saturated rings. The number of hydrogen-bond donors (Lipinski definition) is 2. The molecular formula is C23H29N3O6S2. The van der Waals surface area contributed by atoms with Crippen LogP contribution in [-0.2, 0) is 10.0 Å². The van der Waals surface area contributed by atoms with Crippen LogP contribution in [0.4, 0.5) is 5.69 Å². The maximum atomic E-state index is 12.9. The summed E-state index contributed by atoms with van der Waals surface area (Å²) in [4.78, 5) is 12.9. The SMILES string of the molecule is COc1cc(C(=O)NC(=S)Nc2ccc(S(=O)(=O)N3CCC(C)CC3)cc2)cc(OC)c1OC. The standard InChI is InChI=1S/C23H29N3O6S2/c1-15-9-11-26(12-10-15)34(28,29)18-7-5-17(6-8-18)24-23(33)25-22(27)16-13-19(30-2)21(32-4)20(14-16)31-3/h5-8,13-15H,9-12H2,1-4H3,(H2,24,25,27,33). The number of nitrogens with one attached hydrogen (secondary N) is 2. The maximum Gasteiger partial charge on any atom is 0.257 e. The Morgan fingerprint density at radius 1 is 1.00 bits per heavy atom. The summed E-state index contributed by atoms with van der Waals surface area (Å²) in [7, 11) is 0.857. The van der Waals surface area contributed by atoms with Crippen LogP contribution >= 0.6 is 12.2 Å². The number of hydrogen-bond acceptors (Lipinski definition) is 7. The Kier molecular flexibility index (Phi) is 8.34. The van der Waals surface area contributed by atoms with Crippen molar-refractivity contribution in [3.63, 3.8) is 0 Å². The fourth-order valence-corrected chi connectivity index (χ4v) is 5.31. The highest BCUT2D eigenvalue weighted by Gasteiger charge is 2.28. The van der Waals surface area contributed by atoms with E-state index in [9.17, 15) is 13.2 Å². The van der Waals surface area contributed by atoms with Gasteiger partial charge in [-0.2, -0.15) is 4.31 Å². The highest BCUT2D eigenvalue weighted by atomic mass is 32.2. The molecular weight excluding hydrogens is 478 g/mol. The largest absolute Gasteiger partial charge is 0.493 e. The Hall–Kier alpha value is -2.89. The number of nitrogens with zero attached hydrogens (tertiary/aromatic N) is 1. The molecule has 9 nitrogen and oxygen atoms in total. The van der Waals surface area contributed by atoms with Crippen LogP contribution in [0, 0.1) is 5.92 Å². The van der Waals surface area contributed by atoms with Crippen molar-refractivity contribution in [1.29, 1.82) is 0 Å². The van der Waals surface area contributed by atoms with Gasteiger partial charge in [0, 0.05) is 24.3 Å². The average molecular weight is 508 g/mol. The lowest BCUT2D eigenvalue weighted by Gasteiger charge is -2.29. The summed E-state index contributed by atoms with van der Waals surface area (Å²) in [5.41, 5.74) is 0.803. The van der Waals surface area contributed by atoms with Crippen LogP contribution in [0.2, 0.25) is 0 Å². The smallest absolute Gasteiger partial charge is 0.257 e. The molecule has 1 heterocycles. The van der Waals surface area contributed by atoms with Gasteiger partial charge in [-0.1, -0.05) is 6.92 Å². The van der Waals surface area contributed by atoms with Crippen molar-refractivity contribution >= 4 is 38.9 Å². The molecule has 2 aromatic carbocycles. The molecule has 2 aromatic rings. The summed E-state index contributed by atoms with van der Waals surface area (Å²) in [6, 6.07) is 9.30. The molecule has 0 unspecified atom stereocenters. The van der Waals surface area contributed by atoms with E-state index in [1.54, 1.807) is 12.1 Å². The molecule has 0 aromatic heterocycles. The third-order valence-corrected chi connectivity index (χ3v) is 7.76. The molecule has 1 saturated heterocycles. The molecule has 0 aliphatic carbocycles. The lowest BCUT2D eigenvalue weighted by molar-refractivity contribution is 0.0977. The molecule has 1 amide bonds. The van der Waals surface area contributed by atoms with E-state index < -0.39 is 15.9 Å². The summed E-state index contributed by atoms with van der Waals surface area (Å²) in [6.45, 7) is 3.19. The van der Waals surface area contributed by atoms with Gasteiger partial charge in [-0.3, -0.25) is 10.1 Å². The minimum absolute atomic E-state index is 0.0550. The number of anilines is 1. The summed E-state index contributed by atoms with van der Waals surface area (Å²) in [5.74, 6) is 1.11. The molecule has 0 spiro atoms. The fourth-order valence-electron chi connectivity index (χ4n) is 3.63. The zero-order chi connectivity index (χ0) is 24.9. The first kappa shape index (κ1) is 25.7. The van der Waals surface area contributed by atoms with Gasteiger partial charge < -0.3 is 19.5 Å². The quantitative estimate of drug-likeness (QED) is 0.550. The number of amides is 1. The van der Waals surface area contributed by atoms with E-state index in [1.165, 1.54) is 49.9 Å². The van der Waals surface area contributed by atoms with Crippen LogP contribution in [0.15, 0.2) is 41.3 Å². The first-order valence-electron chi connectivity index (χ1n) is 10.7. The number of carbonyl (C=O) groups excluding carboxylic acids is 1. The summed E-state index contributed by atoms with van der Waals surface area (Å²) >= 11 is 5.25. The second-order valence-corrected chi connectivity index (χ2v) is 10.3. The van der Waals surface area contributed by atoms with Crippen LogP contribution < -0.4 is 24.8 Å². The second kappa shape index (κ2) is 11.0. The second-order valence-electron chi connectivity index (χ2n) is 7.93. The van der Waals surface area contributed by atoms with Crippen LogP contribution in [0.1, 0.15) is 30.1 Å². The molecule has 11 heteroatoms. The number of benzene rings is 2. The normalized spacial score (nSPS) is 14.8. The Morgan fingerprint density at radius 2 is 1.56 bits per heavy atom. The van der Waals surface area contributed by atoms with Crippen molar-refractivity contribution in [3.05, 3.63) is 42.0 Å². The molecule has 184 valence electrons. The van der Waals surface area contributed by atoms with Crippen LogP contribution in [-0.4, -0.2) is 58.2 Å². The van der Waals surface area contributed by atoms with Gasteiger partial charge in [-0.25, -0.2) is 8.42 Å². The molecule has 0 bridgehead atoms. The molecule has 3 rings (SSSR count). The van der Waals surface area contributed by atoms with E-state index in [0.29, 0.717) is 41.9 Å². The first-order valence-corrected chi connectivity index (χ1v) is 12.6. The minimum Gasteiger partial charge on any atom is -0.493 e. The molecule has 0 radical (unpaired) electrons. The third kappa shape index (κ3) is 5.78. The van der Waals surface area contributed by atoms with Gasteiger partial charge >= 0.3 is 0 Å². The average Bonchev–Trinajstić information content (AvgIpc) is 2.83. The van der Waals surface area contributed by atoms with Crippen LogP contribution in [0.5, 0.6) is 17.2 Å². The predicted molar refractivity (Wildman–Crippen MR) is 133 cm³/mol. The topological polar surface area (TPSA) is 106 Å². The van der Waals surface area contributed by atoms with Crippen molar-refractivity contribution in [1.82, 2.24) is 9.62 Å². The van der Waals surface area contributed by atoms with E-state index in [0.717, 1.165) is 12.8 Å². The van der Waals surface area contributed by atoms with Crippen molar-refractivity contribution in [3.8, 4) is 17.2 Å². The number of piperidine rings is 1. The summed E-state index contributed by atoms with van der Waals surface area (Å²) < 4.78 is 43.1. The number of thiocarbonyl (C=S) groups is 1. The van der Waals surface area contributed by atoms with Crippen molar-refractivity contribution < 1.29 is 27.4 Å². The zero-order valence-corrected chi connectivity index (χ0v) is 21.2. The number of carbonyl (C=O) groups is 1. The highest BCUT2D eigenvalue weighted by Crippen LogP contribution is 2.38. The summed E-state index contributed by atoms with van der Waals surface area (Å²) in [6.07, 6.45) is 1.72. The maximum absolute atomic E-state index is 12.9. The van der Waals surface area contributed by atoms with Crippen LogP contribution in [0.3, 0.4) is 0 Å². The molecule has 1 aliphatic rings. The van der Waals surface area contributed by atoms with Gasteiger partial charge in [0.1, 0.15) is 0 Å². The van der Waals surface area contributed by atoms with E-state index in [-0.39, 0.29) is 15.6 Å². The van der Waals surface area contributed by atoms with Gasteiger partial charge in [0.2, 0.25) is 15.8 Å². The van der Waals surface area contributed by atoms with E-state index in [2.05, 4.69) is 17.6 Å².